The van der Waals surface area contributed by atoms with E-state index in [0.717, 1.165) is 11.6 Å². The van der Waals surface area contributed by atoms with Crippen molar-refractivity contribution in [1.29, 1.82) is 0 Å². The molecular weight excluding hydrogens is 336 g/mol. The zero-order chi connectivity index (χ0) is 19.3. The Bertz CT molecular complexity index is 712. The Labute approximate surface area is 152 Å². The first-order valence-electron chi connectivity index (χ1n) is 8.36. The van der Waals surface area contributed by atoms with Gasteiger partial charge in [0.2, 0.25) is 5.91 Å². The number of hydrogen-bond acceptors (Lipinski definition) is 5. The van der Waals surface area contributed by atoms with Crippen molar-refractivity contribution in [2.24, 2.45) is 0 Å². The molecule has 1 aromatic rings. The van der Waals surface area contributed by atoms with Gasteiger partial charge in [-0.25, -0.2) is 0 Å². The van der Waals surface area contributed by atoms with Crippen LogP contribution in [0.5, 0.6) is 0 Å². The number of nitrogens with zero attached hydrogens (tertiary/aromatic N) is 1. The second kappa shape index (κ2) is 8.14. The van der Waals surface area contributed by atoms with Crippen LogP contribution in [0.3, 0.4) is 0 Å². The highest BCUT2D eigenvalue weighted by Crippen LogP contribution is 2.24. The number of hydrogen-bond donors (Lipinski definition) is 2. The molecule has 0 bridgehead atoms. The van der Waals surface area contributed by atoms with E-state index in [9.17, 15) is 19.5 Å². The molecule has 1 atom stereocenters. The number of ketones is 1. The Hall–Kier alpha value is -2.67. The summed E-state index contributed by atoms with van der Waals surface area (Å²) in [5.74, 6) is -1.51. The van der Waals surface area contributed by atoms with E-state index in [-0.39, 0.29) is 18.0 Å². The summed E-state index contributed by atoms with van der Waals surface area (Å²) in [6, 6.07) is 8.24. The lowest BCUT2D eigenvalue weighted by molar-refractivity contribution is -0.138. The fourth-order valence-corrected chi connectivity index (χ4v) is 2.71. The first kappa shape index (κ1) is 19.7. The average Bonchev–Trinajstić information content (AvgIpc) is 2.58. The van der Waals surface area contributed by atoms with Crippen LogP contribution < -0.4 is 5.32 Å². The SMILES string of the molecule is CN(Cc1ccccc1)C(=O)[C@H](CO)NC(=O)C1=CC(=O)CC(C)(C)O1. The average molecular weight is 360 g/mol. The number of amides is 2. The predicted molar refractivity (Wildman–Crippen MR) is 94.8 cm³/mol. The van der Waals surface area contributed by atoms with E-state index in [4.69, 9.17) is 4.74 Å². The number of benzene rings is 1. The zero-order valence-corrected chi connectivity index (χ0v) is 15.2. The van der Waals surface area contributed by atoms with Crippen LogP contribution >= 0.6 is 0 Å². The molecule has 140 valence electrons. The van der Waals surface area contributed by atoms with Crippen molar-refractivity contribution in [3.63, 3.8) is 0 Å². The highest BCUT2D eigenvalue weighted by atomic mass is 16.5. The Morgan fingerprint density at radius 2 is 1.96 bits per heavy atom. The lowest BCUT2D eigenvalue weighted by Gasteiger charge is -2.30. The summed E-state index contributed by atoms with van der Waals surface area (Å²) in [5, 5.41) is 12.0. The molecule has 0 aliphatic carbocycles. The van der Waals surface area contributed by atoms with E-state index in [0.29, 0.717) is 6.54 Å². The Kier molecular flexibility index (Phi) is 6.15. The molecule has 7 nitrogen and oxygen atoms in total. The molecule has 0 unspecified atom stereocenters. The lowest BCUT2D eigenvalue weighted by atomic mass is 9.98. The van der Waals surface area contributed by atoms with Crippen molar-refractivity contribution < 1.29 is 24.2 Å². The summed E-state index contributed by atoms with van der Waals surface area (Å²) < 4.78 is 5.51. The molecule has 1 aliphatic heterocycles. The van der Waals surface area contributed by atoms with E-state index in [2.05, 4.69) is 5.32 Å². The van der Waals surface area contributed by atoms with E-state index < -0.39 is 30.1 Å². The molecule has 2 amide bonds. The van der Waals surface area contributed by atoms with Crippen LogP contribution in [0.1, 0.15) is 25.8 Å². The highest BCUT2D eigenvalue weighted by Gasteiger charge is 2.33. The number of rotatable bonds is 6. The summed E-state index contributed by atoms with van der Waals surface area (Å²) in [4.78, 5) is 38.0. The van der Waals surface area contributed by atoms with Gasteiger partial charge in [-0.15, -0.1) is 0 Å². The van der Waals surface area contributed by atoms with Gasteiger partial charge in [-0.2, -0.15) is 0 Å². The van der Waals surface area contributed by atoms with Gasteiger partial charge in [0.1, 0.15) is 11.6 Å². The molecule has 1 heterocycles. The Morgan fingerprint density at radius 1 is 1.31 bits per heavy atom. The van der Waals surface area contributed by atoms with Crippen LogP contribution in [0.2, 0.25) is 0 Å². The Morgan fingerprint density at radius 3 is 2.54 bits per heavy atom. The summed E-state index contributed by atoms with van der Waals surface area (Å²) >= 11 is 0. The van der Waals surface area contributed by atoms with Gasteiger partial charge in [0.15, 0.2) is 11.5 Å². The topological polar surface area (TPSA) is 95.9 Å². The number of nitrogens with one attached hydrogen (secondary N) is 1. The van der Waals surface area contributed by atoms with Crippen LogP contribution in [0.15, 0.2) is 42.2 Å². The van der Waals surface area contributed by atoms with Crippen molar-refractivity contribution >= 4 is 17.6 Å². The normalized spacial score (nSPS) is 16.9. The van der Waals surface area contributed by atoms with Gasteiger partial charge in [-0.3, -0.25) is 14.4 Å². The molecule has 0 radical (unpaired) electrons. The maximum absolute atomic E-state index is 12.5. The minimum absolute atomic E-state index is 0.150. The second-order valence-corrected chi connectivity index (χ2v) is 6.90. The molecule has 2 N–H and O–H groups in total. The molecule has 0 saturated carbocycles. The van der Waals surface area contributed by atoms with Gasteiger partial charge >= 0.3 is 0 Å². The number of likely N-dealkylation sites (N-methyl/N-ethyl adjacent to an activating group) is 1. The fourth-order valence-electron chi connectivity index (χ4n) is 2.71. The highest BCUT2D eigenvalue weighted by molar-refractivity contribution is 6.03. The van der Waals surface area contributed by atoms with Crippen molar-refractivity contribution in [2.75, 3.05) is 13.7 Å². The molecule has 2 rings (SSSR count). The molecule has 1 aliphatic rings. The smallest absolute Gasteiger partial charge is 0.287 e. The van der Waals surface area contributed by atoms with E-state index in [1.807, 2.05) is 30.3 Å². The Balaban J connectivity index is 2.02. The zero-order valence-electron chi connectivity index (χ0n) is 15.2. The molecule has 7 heteroatoms. The standard InChI is InChI=1S/C19H24N2O5/c1-19(2)10-14(23)9-16(26-19)17(24)20-15(12-22)18(25)21(3)11-13-7-5-4-6-8-13/h4-9,15,22H,10-12H2,1-3H3,(H,20,24)/t15-/m0/s1. The number of ether oxygens (including phenoxy) is 1. The van der Waals surface area contributed by atoms with Crippen molar-refractivity contribution in [3.05, 3.63) is 47.7 Å². The van der Waals surface area contributed by atoms with Crippen LogP contribution in [0.25, 0.3) is 0 Å². The number of aliphatic hydroxyl groups excluding tert-OH is 1. The third kappa shape index (κ3) is 5.16. The third-order valence-corrected chi connectivity index (χ3v) is 3.93. The molecule has 0 aromatic heterocycles. The molecule has 0 fully saturated rings. The van der Waals surface area contributed by atoms with Gasteiger partial charge in [0, 0.05) is 26.1 Å². The van der Waals surface area contributed by atoms with Crippen LogP contribution in [0, 0.1) is 0 Å². The van der Waals surface area contributed by atoms with Gasteiger partial charge in [-0.05, 0) is 19.4 Å². The summed E-state index contributed by atoms with van der Waals surface area (Å²) in [6.07, 6.45) is 1.29. The minimum atomic E-state index is -1.12. The van der Waals surface area contributed by atoms with Crippen molar-refractivity contribution in [3.8, 4) is 0 Å². The minimum Gasteiger partial charge on any atom is -0.482 e. The fraction of sp³-hybridized carbons (Fsp3) is 0.421. The maximum atomic E-state index is 12.5. The van der Waals surface area contributed by atoms with Gasteiger partial charge in [0.05, 0.1) is 6.61 Å². The van der Waals surface area contributed by atoms with Gasteiger partial charge in [0.25, 0.3) is 5.91 Å². The monoisotopic (exact) mass is 360 g/mol. The van der Waals surface area contributed by atoms with Gasteiger partial charge in [-0.1, -0.05) is 30.3 Å². The number of allylic oxidation sites excluding steroid dienone is 1. The van der Waals surface area contributed by atoms with Crippen LogP contribution in [0.4, 0.5) is 0 Å². The van der Waals surface area contributed by atoms with Gasteiger partial charge < -0.3 is 20.1 Å². The molecular formula is C19H24N2O5. The quantitative estimate of drug-likeness (QED) is 0.781. The van der Waals surface area contributed by atoms with E-state index in [1.54, 1.807) is 20.9 Å². The largest absolute Gasteiger partial charge is 0.482 e. The maximum Gasteiger partial charge on any atom is 0.287 e. The summed E-state index contributed by atoms with van der Waals surface area (Å²) in [7, 11) is 1.59. The summed E-state index contributed by atoms with van der Waals surface area (Å²) in [6.45, 7) is 3.19. The second-order valence-electron chi connectivity index (χ2n) is 6.90. The van der Waals surface area contributed by atoms with Crippen LogP contribution in [-0.2, 0) is 25.7 Å². The first-order chi connectivity index (χ1) is 12.2. The van der Waals surface area contributed by atoms with Crippen LogP contribution in [-0.4, -0.2) is 52.9 Å². The molecule has 1 aromatic carbocycles. The van der Waals surface area contributed by atoms with E-state index >= 15 is 0 Å². The van der Waals surface area contributed by atoms with E-state index in [1.165, 1.54) is 4.90 Å². The van der Waals surface area contributed by atoms with Crippen molar-refractivity contribution in [1.82, 2.24) is 10.2 Å². The molecule has 0 saturated heterocycles. The lowest BCUT2D eigenvalue weighted by Crippen LogP contribution is -2.50. The third-order valence-electron chi connectivity index (χ3n) is 3.93. The summed E-state index contributed by atoms with van der Waals surface area (Å²) in [5.41, 5.74) is 0.137. The first-order valence-corrected chi connectivity index (χ1v) is 8.36. The number of carbonyl (C=O) groups is 3. The molecule has 26 heavy (non-hydrogen) atoms. The number of carbonyl (C=O) groups excluding carboxylic acids is 3. The number of aliphatic hydroxyl groups is 1. The van der Waals surface area contributed by atoms with Crippen molar-refractivity contribution in [2.45, 2.75) is 38.5 Å². The molecule has 0 spiro atoms. The predicted octanol–water partition coefficient (Wildman–Crippen LogP) is 0.774.